The maximum atomic E-state index is 12.8. The lowest BCUT2D eigenvalue weighted by Crippen LogP contribution is -2.44. The second-order valence-corrected chi connectivity index (χ2v) is 7.94. The number of likely N-dealkylation sites (tertiary alicyclic amines) is 2. The molecule has 29 heavy (non-hydrogen) atoms. The first-order chi connectivity index (χ1) is 14.1. The number of ether oxygens (including phenoxy) is 2. The molecule has 1 aromatic carbocycles. The Kier molecular flexibility index (Phi) is 7.75. The van der Waals surface area contributed by atoms with Crippen LogP contribution in [-0.4, -0.2) is 68.6 Å². The van der Waals surface area contributed by atoms with Gasteiger partial charge in [-0.15, -0.1) is 0 Å². The molecule has 0 unspecified atom stereocenters. The smallest absolute Gasteiger partial charge is 0.238 e. The van der Waals surface area contributed by atoms with Crippen molar-refractivity contribution in [3.63, 3.8) is 0 Å². The Morgan fingerprint density at radius 1 is 0.931 bits per heavy atom. The molecule has 2 heterocycles. The van der Waals surface area contributed by atoms with Crippen LogP contribution < -0.4 is 14.8 Å². The summed E-state index contributed by atoms with van der Waals surface area (Å²) in [5.41, 5.74) is 0.650. The van der Waals surface area contributed by atoms with E-state index >= 15 is 0 Å². The fourth-order valence-electron chi connectivity index (χ4n) is 4.17. The number of nitrogens with zero attached hydrogens (tertiary/aromatic N) is 2. The summed E-state index contributed by atoms with van der Waals surface area (Å²) in [5, 5.41) is 2.92. The molecule has 0 aromatic heterocycles. The summed E-state index contributed by atoms with van der Waals surface area (Å²) in [6.07, 6.45) is 6.37. The average Bonchev–Trinajstić information content (AvgIpc) is 3.03. The van der Waals surface area contributed by atoms with Crippen LogP contribution in [0, 0.1) is 5.92 Å². The van der Waals surface area contributed by atoms with Crippen LogP contribution in [0.2, 0.25) is 0 Å². The Bertz CT molecular complexity index is 671. The second kappa shape index (κ2) is 10.5. The maximum absolute atomic E-state index is 12.8. The number of nitrogens with one attached hydrogen (secondary N) is 1. The van der Waals surface area contributed by atoms with Gasteiger partial charge in [-0.25, -0.2) is 0 Å². The molecule has 0 saturated carbocycles. The van der Waals surface area contributed by atoms with Gasteiger partial charge in [-0.05, 0) is 38.8 Å². The number of amides is 2. The van der Waals surface area contributed by atoms with Crippen molar-refractivity contribution in [1.29, 1.82) is 0 Å². The Morgan fingerprint density at radius 2 is 1.52 bits per heavy atom. The van der Waals surface area contributed by atoms with E-state index in [4.69, 9.17) is 9.47 Å². The van der Waals surface area contributed by atoms with E-state index in [9.17, 15) is 9.59 Å². The zero-order valence-electron chi connectivity index (χ0n) is 17.6. The van der Waals surface area contributed by atoms with Crippen LogP contribution in [-0.2, 0) is 9.59 Å². The summed E-state index contributed by atoms with van der Waals surface area (Å²) < 4.78 is 10.5. The van der Waals surface area contributed by atoms with E-state index in [-0.39, 0.29) is 11.8 Å². The summed E-state index contributed by atoms with van der Waals surface area (Å²) in [5.74, 6) is 1.62. The molecule has 7 nitrogen and oxygen atoms in total. The van der Waals surface area contributed by atoms with Crippen molar-refractivity contribution >= 4 is 17.5 Å². The number of hydrogen-bond donors (Lipinski definition) is 1. The maximum Gasteiger partial charge on any atom is 0.238 e. The minimum atomic E-state index is -0.0717. The number of anilines is 1. The molecule has 3 rings (SSSR count). The number of rotatable bonds is 6. The van der Waals surface area contributed by atoms with Crippen molar-refractivity contribution in [2.75, 3.05) is 52.3 Å². The highest BCUT2D eigenvalue weighted by Crippen LogP contribution is 2.26. The third kappa shape index (κ3) is 6.10. The van der Waals surface area contributed by atoms with Crippen LogP contribution >= 0.6 is 0 Å². The number of carbonyl (C=O) groups excluding carboxylic acids is 2. The molecule has 7 heteroatoms. The predicted octanol–water partition coefficient (Wildman–Crippen LogP) is 2.76. The Hall–Kier alpha value is -2.28. The fraction of sp³-hybridized carbons (Fsp3) is 0.636. The third-order valence-corrected chi connectivity index (χ3v) is 5.86. The SMILES string of the molecule is COc1cc(NC(=O)CN2CCC(C(=O)N3CCCCCC3)CC2)cc(OC)c1. The molecule has 2 saturated heterocycles. The lowest BCUT2D eigenvalue weighted by molar-refractivity contribution is -0.137. The van der Waals surface area contributed by atoms with Crippen molar-refractivity contribution in [2.45, 2.75) is 38.5 Å². The molecule has 2 fully saturated rings. The van der Waals surface area contributed by atoms with Gasteiger partial charge in [0.15, 0.2) is 0 Å². The monoisotopic (exact) mass is 403 g/mol. The second-order valence-electron chi connectivity index (χ2n) is 7.94. The number of carbonyl (C=O) groups is 2. The zero-order valence-corrected chi connectivity index (χ0v) is 17.6. The molecular weight excluding hydrogens is 370 g/mol. The molecule has 0 radical (unpaired) electrons. The molecule has 2 amide bonds. The van der Waals surface area contributed by atoms with Crippen LogP contribution in [0.25, 0.3) is 0 Å². The average molecular weight is 404 g/mol. The highest BCUT2D eigenvalue weighted by atomic mass is 16.5. The minimum Gasteiger partial charge on any atom is -0.497 e. The van der Waals surface area contributed by atoms with Gasteiger partial charge in [0.05, 0.1) is 20.8 Å². The largest absolute Gasteiger partial charge is 0.497 e. The summed E-state index contributed by atoms with van der Waals surface area (Å²) in [6.45, 7) is 3.69. The zero-order chi connectivity index (χ0) is 20.6. The Labute approximate surface area is 173 Å². The summed E-state index contributed by atoms with van der Waals surface area (Å²) in [6, 6.07) is 5.31. The molecule has 0 aliphatic carbocycles. The first-order valence-electron chi connectivity index (χ1n) is 10.6. The normalized spacial score (nSPS) is 18.8. The molecule has 2 aliphatic heterocycles. The molecule has 1 aromatic rings. The molecular formula is C22H33N3O4. The first-order valence-corrected chi connectivity index (χ1v) is 10.6. The lowest BCUT2D eigenvalue weighted by atomic mass is 9.95. The number of hydrogen-bond acceptors (Lipinski definition) is 5. The van der Waals surface area contributed by atoms with Crippen LogP contribution in [0.15, 0.2) is 18.2 Å². The quantitative estimate of drug-likeness (QED) is 0.791. The van der Waals surface area contributed by atoms with Crippen LogP contribution in [0.4, 0.5) is 5.69 Å². The van der Waals surface area contributed by atoms with Crippen molar-refractivity contribution < 1.29 is 19.1 Å². The van der Waals surface area contributed by atoms with Crippen molar-refractivity contribution in [3.8, 4) is 11.5 Å². The van der Waals surface area contributed by atoms with Crippen molar-refractivity contribution in [3.05, 3.63) is 18.2 Å². The number of methoxy groups -OCH3 is 2. The topological polar surface area (TPSA) is 71.1 Å². The van der Waals surface area contributed by atoms with Gasteiger partial charge in [-0.1, -0.05) is 12.8 Å². The highest BCUT2D eigenvalue weighted by Gasteiger charge is 2.29. The molecule has 0 bridgehead atoms. The molecule has 2 aliphatic rings. The van der Waals surface area contributed by atoms with Crippen molar-refractivity contribution in [1.82, 2.24) is 9.80 Å². The van der Waals surface area contributed by atoms with Crippen LogP contribution in [0.1, 0.15) is 38.5 Å². The van der Waals surface area contributed by atoms with E-state index in [1.165, 1.54) is 12.8 Å². The summed E-state index contributed by atoms with van der Waals surface area (Å²) >= 11 is 0. The van der Waals surface area contributed by atoms with Crippen LogP contribution in [0.3, 0.4) is 0 Å². The molecule has 1 N–H and O–H groups in total. The number of piperidine rings is 1. The summed E-state index contributed by atoms with van der Waals surface area (Å²) in [4.78, 5) is 29.5. The van der Waals surface area contributed by atoms with E-state index in [2.05, 4.69) is 15.1 Å². The molecule has 160 valence electrons. The van der Waals surface area contributed by atoms with Gasteiger partial charge < -0.3 is 19.7 Å². The Balaban J connectivity index is 1.46. The van der Waals surface area contributed by atoms with E-state index in [0.29, 0.717) is 29.6 Å². The van der Waals surface area contributed by atoms with Gasteiger partial charge in [0.1, 0.15) is 11.5 Å². The lowest BCUT2D eigenvalue weighted by Gasteiger charge is -2.33. The van der Waals surface area contributed by atoms with Gasteiger partial charge in [0, 0.05) is 42.9 Å². The minimum absolute atomic E-state index is 0.0717. The fourth-order valence-corrected chi connectivity index (χ4v) is 4.17. The van der Waals surface area contributed by atoms with E-state index in [1.54, 1.807) is 32.4 Å². The molecule has 0 spiro atoms. The van der Waals surface area contributed by atoms with Crippen molar-refractivity contribution in [2.24, 2.45) is 5.92 Å². The van der Waals surface area contributed by atoms with Gasteiger partial charge >= 0.3 is 0 Å². The van der Waals surface area contributed by atoms with Gasteiger partial charge in [0.2, 0.25) is 11.8 Å². The third-order valence-electron chi connectivity index (χ3n) is 5.86. The van der Waals surface area contributed by atoms with E-state index in [1.807, 2.05) is 0 Å². The standard InChI is InChI=1S/C22H33N3O4/c1-28-19-13-18(14-20(15-19)29-2)23-21(26)16-24-11-7-17(8-12-24)22(27)25-9-5-3-4-6-10-25/h13-15,17H,3-12,16H2,1-2H3,(H,23,26). The number of benzene rings is 1. The van der Waals surface area contributed by atoms with Gasteiger partial charge in [-0.3, -0.25) is 14.5 Å². The predicted molar refractivity (Wildman–Crippen MR) is 112 cm³/mol. The first kappa shape index (κ1) is 21.4. The van der Waals surface area contributed by atoms with E-state index < -0.39 is 0 Å². The van der Waals surface area contributed by atoms with E-state index in [0.717, 1.165) is 51.9 Å². The highest BCUT2D eigenvalue weighted by molar-refractivity contribution is 5.92. The van der Waals surface area contributed by atoms with Gasteiger partial charge in [0.25, 0.3) is 0 Å². The van der Waals surface area contributed by atoms with Gasteiger partial charge in [-0.2, -0.15) is 0 Å². The molecule has 0 atom stereocenters. The summed E-state index contributed by atoms with van der Waals surface area (Å²) in [7, 11) is 3.16. The Morgan fingerprint density at radius 3 is 2.07 bits per heavy atom. The van der Waals surface area contributed by atoms with Crippen LogP contribution in [0.5, 0.6) is 11.5 Å².